The Hall–Kier alpha value is -2.88. The van der Waals surface area contributed by atoms with E-state index in [-0.39, 0.29) is 11.3 Å². The first-order valence-electron chi connectivity index (χ1n) is 6.33. The lowest BCUT2D eigenvalue weighted by atomic mass is 10.2. The monoisotopic (exact) mass is 282 g/mol. The van der Waals surface area contributed by atoms with E-state index in [2.05, 4.69) is 4.74 Å². The highest BCUT2D eigenvalue weighted by atomic mass is 16.5. The van der Waals surface area contributed by atoms with Crippen LogP contribution in [-0.4, -0.2) is 19.0 Å². The van der Waals surface area contributed by atoms with E-state index in [1.54, 1.807) is 24.3 Å². The molecular formula is C17H14O4. The van der Waals surface area contributed by atoms with Crippen LogP contribution in [0.3, 0.4) is 0 Å². The number of hydrogen-bond acceptors (Lipinski definition) is 4. The molecule has 0 amide bonds. The Bertz CT molecular complexity index is 660. The van der Waals surface area contributed by atoms with Crippen LogP contribution in [0.1, 0.15) is 15.9 Å². The first kappa shape index (κ1) is 14.5. The van der Waals surface area contributed by atoms with Gasteiger partial charge in [0.2, 0.25) is 0 Å². The molecular weight excluding hydrogens is 268 g/mol. The lowest BCUT2D eigenvalue weighted by molar-refractivity contribution is -0.128. The number of esters is 2. The zero-order valence-electron chi connectivity index (χ0n) is 11.5. The molecule has 0 aliphatic carbocycles. The van der Waals surface area contributed by atoms with Gasteiger partial charge in [0, 0.05) is 6.08 Å². The highest BCUT2D eigenvalue weighted by Gasteiger charge is 2.13. The van der Waals surface area contributed by atoms with Gasteiger partial charge in [-0.2, -0.15) is 0 Å². The van der Waals surface area contributed by atoms with E-state index in [1.807, 2.05) is 30.3 Å². The molecule has 0 atom stereocenters. The predicted molar refractivity (Wildman–Crippen MR) is 78.9 cm³/mol. The van der Waals surface area contributed by atoms with Crippen LogP contribution in [-0.2, 0) is 9.53 Å². The van der Waals surface area contributed by atoms with Gasteiger partial charge in [-0.1, -0.05) is 42.5 Å². The van der Waals surface area contributed by atoms with Crippen molar-refractivity contribution >= 4 is 18.0 Å². The minimum absolute atomic E-state index is 0.173. The lowest BCUT2D eigenvalue weighted by Crippen LogP contribution is -2.09. The fraction of sp³-hybridized carbons (Fsp3) is 0.0588. The number of carbonyl (C=O) groups is 2. The summed E-state index contributed by atoms with van der Waals surface area (Å²) in [6.45, 7) is 0. The van der Waals surface area contributed by atoms with Gasteiger partial charge < -0.3 is 9.47 Å². The second kappa shape index (κ2) is 7.05. The Labute approximate surface area is 122 Å². The number of rotatable bonds is 4. The number of carbonyl (C=O) groups excluding carboxylic acids is 2. The van der Waals surface area contributed by atoms with Gasteiger partial charge in [0.25, 0.3) is 0 Å². The van der Waals surface area contributed by atoms with E-state index in [9.17, 15) is 9.59 Å². The zero-order chi connectivity index (χ0) is 15.1. The van der Waals surface area contributed by atoms with Gasteiger partial charge in [0.15, 0.2) is 0 Å². The Morgan fingerprint density at radius 1 is 0.952 bits per heavy atom. The Kier molecular flexibility index (Phi) is 4.88. The maximum Gasteiger partial charge on any atom is 0.341 e. The molecule has 4 heteroatoms. The summed E-state index contributed by atoms with van der Waals surface area (Å²) in [6, 6.07) is 15.8. The number of para-hydroxylation sites is 1. The number of methoxy groups -OCH3 is 1. The molecule has 0 N–H and O–H groups in total. The van der Waals surface area contributed by atoms with Gasteiger partial charge in [0.1, 0.15) is 11.3 Å². The normalized spacial score (nSPS) is 10.3. The topological polar surface area (TPSA) is 52.6 Å². The van der Waals surface area contributed by atoms with Crippen LogP contribution < -0.4 is 4.74 Å². The van der Waals surface area contributed by atoms with Crippen LogP contribution in [0.5, 0.6) is 5.75 Å². The van der Waals surface area contributed by atoms with Gasteiger partial charge in [-0.3, -0.25) is 0 Å². The number of hydrogen-bond donors (Lipinski definition) is 0. The highest BCUT2D eigenvalue weighted by molar-refractivity contribution is 5.95. The molecule has 4 nitrogen and oxygen atoms in total. The second-order valence-electron chi connectivity index (χ2n) is 4.15. The fourth-order valence-electron chi connectivity index (χ4n) is 1.71. The van der Waals surface area contributed by atoms with E-state index in [1.165, 1.54) is 19.3 Å². The Morgan fingerprint density at radius 3 is 2.33 bits per heavy atom. The zero-order valence-corrected chi connectivity index (χ0v) is 11.5. The summed E-state index contributed by atoms with van der Waals surface area (Å²) in [4.78, 5) is 23.4. The van der Waals surface area contributed by atoms with Crippen molar-refractivity contribution in [3.8, 4) is 5.75 Å². The van der Waals surface area contributed by atoms with Crippen molar-refractivity contribution in [2.24, 2.45) is 0 Å². The van der Waals surface area contributed by atoms with E-state index < -0.39 is 11.9 Å². The summed E-state index contributed by atoms with van der Waals surface area (Å²) >= 11 is 0. The molecule has 0 aromatic heterocycles. The molecule has 0 aliphatic rings. The maximum atomic E-state index is 11.8. The number of ether oxygens (including phenoxy) is 2. The van der Waals surface area contributed by atoms with Crippen molar-refractivity contribution in [1.29, 1.82) is 0 Å². The average Bonchev–Trinajstić information content (AvgIpc) is 2.54. The van der Waals surface area contributed by atoms with Gasteiger partial charge in [-0.15, -0.1) is 0 Å². The van der Waals surface area contributed by atoms with Crippen LogP contribution in [0, 0.1) is 0 Å². The third kappa shape index (κ3) is 4.04. The standard InChI is InChI=1S/C17H14O4/c1-20-17(19)14-9-5-6-10-15(14)21-16(18)12-11-13-7-3-2-4-8-13/h2-12H,1H3. The minimum atomic E-state index is -0.560. The average molecular weight is 282 g/mol. The fourth-order valence-corrected chi connectivity index (χ4v) is 1.71. The summed E-state index contributed by atoms with van der Waals surface area (Å²) in [7, 11) is 1.27. The molecule has 0 saturated heterocycles. The number of benzene rings is 2. The lowest BCUT2D eigenvalue weighted by Gasteiger charge is -2.06. The van der Waals surface area contributed by atoms with Crippen LogP contribution in [0.2, 0.25) is 0 Å². The molecule has 21 heavy (non-hydrogen) atoms. The molecule has 0 heterocycles. The summed E-state index contributed by atoms with van der Waals surface area (Å²) in [5.41, 5.74) is 1.09. The van der Waals surface area contributed by atoms with Crippen molar-refractivity contribution in [2.75, 3.05) is 7.11 Å². The summed E-state index contributed by atoms with van der Waals surface area (Å²) in [5, 5.41) is 0. The van der Waals surface area contributed by atoms with E-state index in [4.69, 9.17) is 4.74 Å². The molecule has 2 aromatic rings. The van der Waals surface area contributed by atoms with Crippen LogP contribution in [0.15, 0.2) is 60.7 Å². The van der Waals surface area contributed by atoms with Crippen molar-refractivity contribution in [3.05, 3.63) is 71.8 Å². The molecule has 0 saturated carbocycles. The molecule has 0 spiro atoms. The third-order valence-electron chi connectivity index (χ3n) is 2.71. The highest BCUT2D eigenvalue weighted by Crippen LogP contribution is 2.19. The van der Waals surface area contributed by atoms with Gasteiger partial charge in [-0.05, 0) is 23.8 Å². The van der Waals surface area contributed by atoms with Crippen molar-refractivity contribution in [2.45, 2.75) is 0 Å². The summed E-state index contributed by atoms with van der Waals surface area (Å²) in [6.07, 6.45) is 2.95. The molecule has 0 aliphatic heterocycles. The molecule has 106 valence electrons. The summed E-state index contributed by atoms with van der Waals surface area (Å²) < 4.78 is 9.80. The van der Waals surface area contributed by atoms with Crippen molar-refractivity contribution < 1.29 is 19.1 Å². The van der Waals surface area contributed by atoms with Gasteiger partial charge >= 0.3 is 11.9 Å². The molecule has 0 radical (unpaired) electrons. The smallest absolute Gasteiger partial charge is 0.341 e. The first-order chi connectivity index (χ1) is 10.2. The Balaban J connectivity index is 2.10. The SMILES string of the molecule is COC(=O)c1ccccc1OC(=O)C=Cc1ccccc1. The quantitative estimate of drug-likeness (QED) is 0.491. The second-order valence-corrected chi connectivity index (χ2v) is 4.15. The molecule has 2 rings (SSSR count). The van der Waals surface area contributed by atoms with E-state index in [0.29, 0.717) is 0 Å². The molecule has 0 fully saturated rings. The van der Waals surface area contributed by atoms with E-state index >= 15 is 0 Å². The molecule has 2 aromatic carbocycles. The molecule has 0 unspecified atom stereocenters. The van der Waals surface area contributed by atoms with Crippen molar-refractivity contribution in [3.63, 3.8) is 0 Å². The predicted octanol–water partition coefficient (Wildman–Crippen LogP) is 3.09. The maximum absolute atomic E-state index is 11.8. The summed E-state index contributed by atoms with van der Waals surface area (Å²) in [5.74, 6) is -0.937. The Morgan fingerprint density at radius 2 is 1.62 bits per heavy atom. The van der Waals surface area contributed by atoms with Crippen LogP contribution in [0.4, 0.5) is 0 Å². The minimum Gasteiger partial charge on any atom is -0.465 e. The van der Waals surface area contributed by atoms with Gasteiger partial charge in [0.05, 0.1) is 7.11 Å². The van der Waals surface area contributed by atoms with Crippen LogP contribution in [0.25, 0.3) is 6.08 Å². The first-order valence-corrected chi connectivity index (χ1v) is 6.33. The third-order valence-corrected chi connectivity index (χ3v) is 2.71. The van der Waals surface area contributed by atoms with Crippen LogP contribution >= 0.6 is 0 Å². The van der Waals surface area contributed by atoms with Crippen molar-refractivity contribution in [1.82, 2.24) is 0 Å². The van der Waals surface area contributed by atoms with E-state index in [0.717, 1.165) is 5.56 Å². The largest absolute Gasteiger partial charge is 0.465 e. The van der Waals surface area contributed by atoms with Gasteiger partial charge in [-0.25, -0.2) is 9.59 Å². The molecule has 0 bridgehead atoms.